The second kappa shape index (κ2) is 8.99. The van der Waals surface area contributed by atoms with Crippen LogP contribution in [0.5, 0.6) is 5.75 Å². The third-order valence-electron chi connectivity index (χ3n) is 4.16. The number of aliphatic hydroxyl groups is 1. The fourth-order valence-corrected chi connectivity index (χ4v) is 3.70. The zero-order valence-corrected chi connectivity index (χ0v) is 16.0. The van der Waals surface area contributed by atoms with Crippen LogP contribution >= 0.6 is 11.8 Å². The number of para-hydroxylation sites is 1. The minimum Gasteiger partial charge on any atom is -0.496 e. The number of fused-ring (bicyclic) bond motifs is 1. The van der Waals surface area contributed by atoms with Crippen molar-refractivity contribution in [2.45, 2.75) is 18.1 Å². The number of halogens is 1. The minimum atomic E-state index is -0.530. The Morgan fingerprint density at radius 1 is 1.29 bits per heavy atom. The van der Waals surface area contributed by atoms with Gasteiger partial charge in [0.2, 0.25) is 0 Å². The number of nitrogens with zero attached hydrogens (tertiary/aromatic N) is 2. The summed E-state index contributed by atoms with van der Waals surface area (Å²) >= 11 is 1.10. The van der Waals surface area contributed by atoms with E-state index in [1.54, 1.807) is 24.3 Å². The molecule has 0 saturated carbocycles. The van der Waals surface area contributed by atoms with Crippen LogP contribution < -0.4 is 10.3 Å². The summed E-state index contributed by atoms with van der Waals surface area (Å²) in [5.74, 6) is -0.615. The van der Waals surface area contributed by atoms with E-state index in [1.165, 1.54) is 23.8 Å². The van der Waals surface area contributed by atoms with E-state index in [0.29, 0.717) is 22.5 Å². The Morgan fingerprint density at radius 3 is 2.82 bits per heavy atom. The fourth-order valence-electron chi connectivity index (χ4n) is 2.79. The molecule has 0 aliphatic carbocycles. The summed E-state index contributed by atoms with van der Waals surface area (Å²) < 4.78 is 20.1. The Balaban J connectivity index is 1.92. The Bertz CT molecular complexity index is 1070. The number of methoxy groups -OCH3 is 1. The van der Waals surface area contributed by atoms with Crippen molar-refractivity contribution in [2.75, 3.05) is 19.5 Å². The molecule has 3 aromatic rings. The SMILES string of the molecule is COc1ccc(F)cc1C(=O)CSc1nc2ccccc2c(=O)n1CCCO. The molecule has 1 N–H and O–H groups in total. The average Bonchev–Trinajstić information content (AvgIpc) is 2.71. The van der Waals surface area contributed by atoms with E-state index in [0.717, 1.165) is 17.8 Å². The van der Waals surface area contributed by atoms with Gasteiger partial charge >= 0.3 is 0 Å². The van der Waals surface area contributed by atoms with E-state index < -0.39 is 5.82 Å². The lowest BCUT2D eigenvalue weighted by Crippen LogP contribution is -2.24. The topological polar surface area (TPSA) is 81.4 Å². The number of hydrogen-bond donors (Lipinski definition) is 1. The van der Waals surface area contributed by atoms with Crippen molar-refractivity contribution < 1.29 is 19.0 Å². The highest BCUT2D eigenvalue weighted by molar-refractivity contribution is 7.99. The minimum absolute atomic E-state index is 0.0380. The van der Waals surface area contributed by atoms with E-state index in [4.69, 9.17) is 9.84 Å². The second-order valence-corrected chi connectivity index (χ2v) is 6.94. The summed E-state index contributed by atoms with van der Waals surface area (Å²) in [5.41, 5.74) is 0.448. The van der Waals surface area contributed by atoms with Gasteiger partial charge in [-0.3, -0.25) is 14.2 Å². The van der Waals surface area contributed by atoms with Gasteiger partial charge < -0.3 is 9.84 Å². The van der Waals surface area contributed by atoms with Gasteiger partial charge in [0.25, 0.3) is 5.56 Å². The third-order valence-corrected chi connectivity index (χ3v) is 5.14. The zero-order chi connectivity index (χ0) is 20.1. The summed E-state index contributed by atoms with van der Waals surface area (Å²) in [4.78, 5) is 29.9. The molecule has 0 saturated heterocycles. The van der Waals surface area contributed by atoms with Crippen molar-refractivity contribution in [2.24, 2.45) is 0 Å². The molecule has 146 valence electrons. The van der Waals surface area contributed by atoms with Gasteiger partial charge in [0, 0.05) is 13.2 Å². The van der Waals surface area contributed by atoms with Gasteiger partial charge in [-0.25, -0.2) is 9.37 Å². The molecule has 0 unspecified atom stereocenters. The lowest BCUT2D eigenvalue weighted by molar-refractivity contribution is 0.101. The molecule has 28 heavy (non-hydrogen) atoms. The molecule has 0 aliphatic heterocycles. The van der Waals surface area contributed by atoms with Crippen molar-refractivity contribution in [1.82, 2.24) is 9.55 Å². The third kappa shape index (κ3) is 4.23. The summed E-state index contributed by atoms with van der Waals surface area (Å²) in [6.07, 6.45) is 0.388. The Labute approximate surface area is 165 Å². The van der Waals surface area contributed by atoms with Gasteiger partial charge in [0.15, 0.2) is 10.9 Å². The number of thioether (sulfide) groups is 1. The van der Waals surface area contributed by atoms with Crippen LogP contribution in [-0.4, -0.2) is 39.9 Å². The molecular weight excluding hydrogens is 383 g/mol. The van der Waals surface area contributed by atoms with Gasteiger partial charge in [-0.15, -0.1) is 0 Å². The molecule has 0 atom stereocenters. The average molecular weight is 402 g/mol. The molecule has 6 nitrogen and oxygen atoms in total. The van der Waals surface area contributed by atoms with E-state index in [9.17, 15) is 14.0 Å². The van der Waals surface area contributed by atoms with Crippen molar-refractivity contribution >= 4 is 28.4 Å². The monoisotopic (exact) mass is 402 g/mol. The molecule has 0 amide bonds. The first kappa shape index (κ1) is 20.0. The first-order chi connectivity index (χ1) is 13.5. The number of Topliss-reactive ketones (excluding diaryl/α,β-unsaturated/α-hetero) is 1. The second-order valence-electron chi connectivity index (χ2n) is 6.00. The van der Waals surface area contributed by atoms with Gasteiger partial charge in [-0.05, 0) is 36.8 Å². The van der Waals surface area contributed by atoms with Gasteiger partial charge in [0.05, 0.1) is 29.3 Å². The molecule has 8 heteroatoms. The molecule has 3 rings (SSSR count). The Kier molecular flexibility index (Phi) is 6.43. The van der Waals surface area contributed by atoms with Gasteiger partial charge in [0.1, 0.15) is 11.6 Å². The van der Waals surface area contributed by atoms with Crippen molar-refractivity contribution in [3.05, 3.63) is 64.2 Å². The fraction of sp³-hybridized carbons (Fsp3) is 0.250. The zero-order valence-electron chi connectivity index (χ0n) is 15.2. The number of aliphatic hydroxyl groups excluding tert-OH is 1. The molecule has 0 radical (unpaired) electrons. The molecule has 1 heterocycles. The van der Waals surface area contributed by atoms with Crippen molar-refractivity contribution in [3.8, 4) is 5.75 Å². The largest absolute Gasteiger partial charge is 0.496 e. The first-order valence-electron chi connectivity index (χ1n) is 8.65. The van der Waals surface area contributed by atoms with Crippen LogP contribution in [0.2, 0.25) is 0 Å². The Morgan fingerprint density at radius 2 is 2.07 bits per heavy atom. The van der Waals surface area contributed by atoms with Crippen LogP contribution in [0.1, 0.15) is 16.8 Å². The van der Waals surface area contributed by atoms with Crippen molar-refractivity contribution in [3.63, 3.8) is 0 Å². The lowest BCUT2D eigenvalue weighted by atomic mass is 10.1. The van der Waals surface area contributed by atoms with Crippen LogP contribution in [0.15, 0.2) is 52.4 Å². The Hall–Kier alpha value is -2.71. The maximum atomic E-state index is 13.5. The maximum Gasteiger partial charge on any atom is 0.262 e. The number of hydrogen-bond acceptors (Lipinski definition) is 6. The summed E-state index contributed by atoms with van der Waals surface area (Å²) in [6, 6.07) is 10.7. The number of ether oxygens (including phenoxy) is 1. The molecule has 0 aliphatic rings. The van der Waals surface area contributed by atoms with Crippen LogP contribution in [0.3, 0.4) is 0 Å². The molecule has 2 aromatic carbocycles. The number of benzene rings is 2. The molecule has 0 fully saturated rings. The van der Waals surface area contributed by atoms with Crippen molar-refractivity contribution in [1.29, 1.82) is 0 Å². The molecular formula is C20H19FN2O4S. The van der Waals surface area contributed by atoms with Gasteiger partial charge in [-0.1, -0.05) is 23.9 Å². The normalized spacial score (nSPS) is 11.0. The number of aromatic nitrogens is 2. The number of carbonyl (C=O) groups excluding carboxylic acids is 1. The van der Waals surface area contributed by atoms with E-state index in [-0.39, 0.29) is 41.6 Å². The van der Waals surface area contributed by atoms with E-state index >= 15 is 0 Å². The summed E-state index contributed by atoms with van der Waals surface area (Å²) in [5, 5.41) is 9.98. The maximum absolute atomic E-state index is 13.5. The number of carbonyl (C=O) groups is 1. The predicted molar refractivity (Wildman–Crippen MR) is 106 cm³/mol. The van der Waals surface area contributed by atoms with Crippen LogP contribution in [0.25, 0.3) is 10.9 Å². The highest BCUT2D eigenvalue weighted by Gasteiger charge is 2.17. The lowest BCUT2D eigenvalue weighted by Gasteiger charge is -2.13. The van der Waals surface area contributed by atoms with Crippen LogP contribution in [0.4, 0.5) is 4.39 Å². The first-order valence-corrected chi connectivity index (χ1v) is 9.63. The smallest absolute Gasteiger partial charge is 0.262 e. The molecule has 0 bridgehead atoms. The van der Waals surface area contributed by atoms with Gasteiger partial charge in [-0.2, -0.15) is 0 Å². The quantitative estimate of drug-likeness (QED) is 0.355. The standard InChI is InChI=1S/C20H19FN2O4S/c1-27-18-8-7-13(21)11-15(18)17(25)12-28-20-22-16-6-3-2-5-14(16)19(26)23(20)9-4-10-24/h2-3,5-8,11,24H,4,9-10,12H2,1H3. The number of ketones is 1. The number of rotatable bonds is 8. The molecule has 1 aromatic heterocycles. The predicted octanol–water partition coefficient (Wildman–Crippen LogP) is 2.90. The van der Waals surface area contributed by atoms with E-state index in [1.807, 2.05) is 0 Å². The summed E-state index contributed by atoms with van der Waals surface area (Å²) in [6.45, 7) is 0.218. The highest BCUT2D eigenvalue weighted by Crippen LogP contribution is 2.24. The van der Waals surface area contributed by atoms with E-state index in [2.05, 4.69) is 4.98 Å². The molecule has 0 spiro atoms. The summed E-state index contributed by atoms with van der Waals surface area (Å²) in [7, 11) is 1.41. The highest BCUT2D eigenvalue weighted by atomic mass is 32.2. The van der Waals surface area contributed by atoms with Crippen LogP contribution in [0, 0.1) is 5.82 Å². The van der Waals surface area contributed by atoms with Crippen LogP contribution in [-0.2, 0) is 6.54 Å².